The molecule has 0 atom stereocenters. The zero-order valence-corrected chi connectivity index (χ0v) is 77.6. The van der Waals surface area contributed by atoms with Gasteiger partial charge in [-0.1, -0.05) is 315 Å². The number of rotatable bonds is 14. The van der Waals surface area contributed by atoms with Crippen LogP contribution in [0.3, 0.4) is 0 Å². The molecule has 0 radical (unpaired) electrons. The van der Waals surface area contributed by atoms with Crippen molar-refractivity contribution in [3.8, 4) is 79.4 Å². The number of pyridine rings is 1. The van der Waals surface area contributed by atoms with E-state index in [1.165, 1.54) is 59.4 Å². The Kier molecular flexibility index (Phi) is 21.5. The van der Waals surface area contributed by atoms with Crippen molar-refractivity contribution in [2.75, 3.05) is 10.6 Å². The zero-order chi connectivity index (χ0) is 95.3. The Morgan fingerprint density at radius 2 is 0.576 bits per heavy atom. The minimum absolute atomic E-state index is 0.560. The number of aromatic nitrogens is 15. The standard InChI is InChI=1S/C38H24N4.C34H22N4.C28H20N4.C27H19N5/c1-2-12-29(13-3-1)41-23-22-26-20-21-31-30-14-7-9-17-34(30)42(37(31)36(26)41)38-39-33-16-8-6-15-32(33)35(40-38)28-19-18-25-10-4-5-11-27(25)24-28;1-3-11-23(12-4-1)31-28-16-7-9-17-29(28)35-34(36-31)38-30-18-10-8-15-26(30)27-20-19-24-21-22-37(32(24)33(27)38)25-13-5-2-6-14-25;1-2-9-23(10-3-1)32-17-16-20-14-15-21(18-27(20)32)24-11-5-7-13-26(24)31-28-29-19-22-8-4-6-12-25(22)30-28;1-2-6-22(7-3-1)32-15-13-19-10-11-20(16-26(19)32)23-8-4-5-9-25(23)31-27-29-18-21-17-28-14-12-24(21)30-27/h1-24H;1-22H;1-19H,(H,29,30,31);1-18H,(H,29,30,31). The lowest BCUT2D eigenvalue weighted by molar-refractivity contribution is 1.01. The molecule has 0 fully saturated rings. The Hall–Kier alpha value is -19.9. The van der Waals surface area contributed by atoms with Crippen molar-refractivity contribution in [3.63, 3.8) is 0 Å². The second kappa shape index (κ2) is 36.5. The highest BCUT2D eigenvalue weighted by atomic mass is 15.2. The molecule has 11 aromatic heterocycles. The van der Waals surface area contributed by atoms with E-state index < -0.39 is 0 Å². The third kappa shape index (κ3) is 15.7. The summed E-state index contributed by atoms with van der Waals surface area (Å²) in [5.41, 5.74) is 27.5. The molecule has 17 heteroatoms. The fourth-order valence-corrected chi connectivity index (χ4v) is 20.2. The second-order valence-corrected chi connectivity index (χ2v) is 35.6. The predicted octanol–water partition coefficient (Wildman–Crippen LogP) is 31.2. The topological polar surface area (TPSA) is 170 Å². The summed E-state index contributed by atoms with van der Waals surface area (Å²) in [6.07, 6.45) is 15.7. The lowest BCUT2D eigenvalue weighted by atomic mass is 10.0. The van der Waals surface area contributed by atoms with Gasteiger partial charge in [0.15, 0.2) is 0 Å². The molecule has 2 N–H and O–H groups in total. The van der Waals surface area contributed by atoms with Crippen LogP contribution < -0.4 is 10.6 Å². The number of benzene rings is 18. The van der Waals surface area contributed by atoms with Gasteiger partial charge in [0.1, 0.15) is 0 Å². The Morgan fingerprint density at radius 1 is 0.201 bits per heavy atom. The van der Waals surface area contributed by atoms with Gasteiger partial charge in [0.25, 0.3) is 0 Å². The first-order valence-corrected chi connectivity index (χ1v) is 48.0. The molecule has 0 unspecified atom stereocenters. The van der Waals surface area contributed by atoms with Gasteiger partial charge in [-0.3, -0.25) is 14.1 Å². The number of nitrogens with one attached hydrogen (secondary N) is 2. The quantitative estimate of drug-likeness (QED) is 0.106. The van der Waals surface area contributed by atoms with E-state index in [9.17, 15) is 0 Å². The summed E-state index contributed by atoms with van der Waals surface area (Å²) >= 11 is 0. The number of fused-ring (bicyclic) bond motifs is 17. The van der Waals surface area contributed by atoms with E-state index in [-0.39, 0.29) is 0 Å². The van der Waals surface area contributed by atoms with Gasteiger partial charge in [-0.2, -0.15) is 0 Å². The molecule has 29 rings (SSSR count). The van der Waals surface area contributed by atoms with Crippen molar-refractivity contribution >= 4 is 165 Å². The molecule has 0 amide bonds. The van der Waals surface area contributed by atoms with Crippen molar-refractivity contribution in [3.05, 3.63) is 505 Å². The molecule has 17 nitrogen and oxygen atoms in total. The first-order chi connectivity index (χ1) is 71.4. The fraction of sp³-hybridized carbons (Fsp3) is 0. The molecule has 678 valence electrons. The van der Waals surface area contributed by atoms with E-state index in [1.807, 2.05) is 85.1 Å². The van der Waals surface area contributed by atoms with Gasteiger partial charge in [0.05, 0.1) is 77.6 Å². The Morgan fingerprint density at radius 3 is 1.09 bits per heavy atom. The molecule has 11 heterocycles. The van der Waals surface area contributed by atoms with E-state index in [4.69, 9.17) is 19.9 Å². The van der Waals surface area contributed by atoms with Crippen molar-refractivity contribution in [2.45, 2.75) is 0 Å². The zero-order valence-electron chi connectivity index (χ0n) is 77.6. The molecular weight excluding hydrogens is 1760 g/mol. The molecule has 0 aliphatic carbocycles. The van der Waals surface area contributed by atoms with Gasteiger partial charge in [-0.25, -0.2) is 39.9 Å². The highest BCUT2D eigenvalue weighted by Crippen LogP contribution is 2.44. The minimum Gasteiger partial charge on any atom is -0.324 e. The van der Waals surface area contributed by atoms with Crippen molar-refractivity contribution in [1.29, 1.82) is 0 Å². The third-order valence-electron chi connectivity index (χ3n) is 27.0. The predicted molar refractivity (Wildman–Crippen MR) is 591 cm³/mol. The molecule has 0 bridgehead atoms. The maximum Gasteiger partial charge on any atom is 0.235 e. The van der Waals surface area contributed by atoms with Crippen LogP contribution in [0, 0.1) is 0 Å². The largest absolute Gasteiger partial charge is 0.324 e. The summed E-state index contributed by atoms with van der Waals surface area (Å²) in [5, 5.41) is 22.7. The molecule has 29 aromatic rings. The van der Waals surface area contributed by atoms with Gasteiger partial charge in [-0.05, 0) is 172 Å². The summed E-state index contributed by atoms with van der Waals surface area (Å²) in [6, 6.07) is 158. The number of para-hydroxylation sites is 11. The van der Waals surface area contributed by atoms with Gasteiger partial charge >= 0.3 is 0 Å². The van der Waals surface area contributed by atoms with Crippen LogP contribution in [0.5, 0.6) is 0 Å². The van der Waals surface area contributed by atoms with Crippen LogP contribution in [0.15, 0.2) is 505 Å². The van der Waals surface area contributed by atoms with E-state index in [0.29, 0.717) is 23.8 Å². The monoisotopic (exact) mass is 1850 g/mol. The first kappa shape index (κ1) is 84.6. The summed E-state index contributed by atoms with van der Waals surface area (Å²) in [5.74, 6) is 2.48. The van der Waals surface area contributed by atoms with Crippen LogP contribution in [0.25, 0.3) is 221 Å². The number of hydrogen-bond donors (Lipinski definition) is 2. The van der Waals surface area contributed by atoms with Crippen molar-refractivity contribution in [1.82, 2.24) is 72.3 Å². The summed E-state index contributed by atoms with van der Waals surface area (Å²) in [7, 11) is 0. The Balaban J connectivity index is 0.0000000986. The average Bonchev–Trinajstić information content (AvgIpc) is 1.56. The van der Waals surface area contributed by atoms with Crippen LogP contribution in [-0.4, -0.2) is 72.3 Å². The summed E-state index contributed by atoms with van der Waals surface area (Å²) in [4.78, 5) is 43.4. The maximum atomic E-state index is 5.36. The van der Waals surface area contributed by atoms with Crippen LogP contribution in [-0.2, 0) is 0 Å². The van der Waals surface area contributed by atoms with E-state index in [1.54, 1.807) is 18.6 Å². The minimum atomic E-state index is 0.560. The van der Waals surface area contributed by atoms with Gasteiger partial charge in [-0.15, -0.1) is 0 Å². The van der Waals surface area contributed by atoms with Crippen LogP contribution in [0.4, 0.5) is 23.3 Å². The van der Waals surface area contributed by atoms with Crippen LogP contribution >= 0.6 is 0 Å². The number of hydrogen-bond acceptors (Lipinski definition) is 11. The first-order valence-electron chi connectivity index (χ1n) is 48.0. The molecule has 0 aliphatic rings. The smallest absolute Gasteiger partial charge is 0.235 e. The molecule has 18 aromatic carbocycles. The summed E-state index contributed by atoms with van der Waals surface area (Å²) < 4.78 is 13.5. The maximum absolute atomic E-state index is 5.36. The van der Waals surface area contributed by atoms with Gasteiger partial charge in [0.2, 0.25) is 23.8 Å². The second-order valence-electron chi connectivity index (χ2n) is 35.6. The normalized spacial score (nSPS) is 11.5. The Bertz CT molecular complexity index is 9700. The van der Waals surface area contributed by atoms with Crippen molar-refractivity contribution in [2.24, 2.45) is 0 Å². The molecule has 0 aliphatic heterocycles. The highest BCUT2D eigenvalue weighted by molar-refractivity contribution is 6.20. The number of nitrogens with zero attached hydrogens (tertiary/aromatic N) is 15. The lowest BCUT2D eigenvalue weighted by Crippen LogP contribution is -2.04. The van der Waals surface area contributed by atoms with E-state index >= 15 is 0 Å². The van der Waals surface area contributed by atoms with Crippen LogP contribution in [0.2, 0.25) is 0 Å². The average molecular weight is 1850 g/mol. The fourth-order valence-electron chi connectivity index (χ4n) is 20.2. The SMILES string of the molecule is c1ccc(-c2nc(-n3c4ccccc4c4ccc5ccn(-c6ccccc6)c5c43)nc3ccccc23)cc1.c1ccc(-n2ccc3ccc(-c4ccccc4Nc4ncc5ccccc5n4)cc32)cc1.c1ccc(-n2ccc3ccc(-c4ccccc4Nc4ncc5cnccc5n4)cc32)cc1.c1ccc(-n2ccc3ccc4c5ccccc5n(-c5nc(-c6ccc7ccccc7c6)c6ccccc6n5)c4c32)cc1. The van der Waals surface area contributed by atoms with E-state index in [0.717, 1.165) is 161 Å². The van der Waals surface area contributed by atoms with Gasteiger partial charge < -0.3 is 28.9 Å². The van der Waals surface area contributed by atoms with Crippen LogP contribution in [0.1, 0.15) is 0 Å². The van der Waals surface area contributed by atoms with Gasteiger partial charge in [0, 0.05) is 160 Å². The third-order valence-corrected chi connectivity index (χ3v) is 27.0. The van der Waals surface area contributed by atoms with E-state index in [2.05, 4.69) is 464 Å². The molecule has 0 spiro atoms. The molecule has 0 saturated carbocycles. The Labute approximate surface area is 826 Å². The lowest BCUT2D eigenvalue weighted by Gasteiger charge is -2.13. The molecule has 0 saturated heterocycles. The molecular formula is C127H85N17. The summed E-state index contributed by atoms with van der Waals surface area (Å²) in [6.45, 7) is 0. The van der Waals surface area contributed by atoms with Crippen molar-refractivity contribution < 1.29 is 0 Å². The molecule has 144 heavy (non-hydrogen) atoms. The highest BCUT2D eigenvalue weighted by Gasteiger charge is 2.25. The number of anilines is 4.